The van der Waals surface area contributed by atoms with E-state index < -0.39 is 0 Å². The fraction of sp³-hybridized carbons (Fsp3) is 0.357. The Hall–Kier alpha value is -2.01. The second kappa shape index (κ2) is 5.75. The van der Waals surface area contributed by atoms with E-state index in [4.69, 9.17) is 4.74 Å². The fourth-order valence-electron chi connectivity index (χ4n) is 2.19. The number of aromatic nitrogens is 3. The van der Waals surface area contributed by atoms with Gasteiger partial charge in [0.15, 0.2) is 0 Å². The van der Waals surface area contributed by atoms with Gasteiger partial charge < -0.3 is 9.64 Å². The summed E-state index contributed by atoms with van der Waals surface area (Å²) in [4.78, 5) is 14.7. The van der Waals surface area contributed by atoms with Crippen molar-refractivity contribution in [3.63, 3.8) is 0 Å². The van der Waals surface area contributed by atoms with E-state index >= 15 is 0 Å². The van der Waals surface area contributed by atoms with E-state index in [0.29, 0.717) is 6.61 Å². The van der Waals surface area contributed by atoms with E-state index in [1.54, 1.807) is 24.8 Å². The third-order valence-electron chi connectivity index (χ3n) is 3.22. The van der Waals surface area contributed by atoms with Crippen LogP contribution in [-0.4, -0.2) is 34.1 Å². The minimum absolute atomic E-state index is 0.247. The normalized spacial score (nSPS) is 18.7. The van der Waals surface area contributed by atoms with Gasteiger partial charge in [0.1, 0.15) is 0 Å². The summed E-state index contributed by atoms with van der Waals surface area (Å²) in [5.74, 6) is 0.789. The third kappa shape index (κ3) is 3.06. The first kappa shape index (κ1) is 12.0. The molecule has 5 heteroatoms. The van der Waals surface area contributed by atoms with E-state index in [2.05, 4.69) is 19.9 Å². The summed E-state index contributed by atoms with van der Waals surface area (Å²) in [6, 6.07) is 5.79. The smallest absolute Gasteiger partial charge is 0.225 e. The highest BCUT2D eigenvalue weighted by atomic mass is 16.5. The van der Waals surface area contributed by atoms with E-state index in [9.17, 15) is 0 Å². The molecule has 0 aromatic carbocycles. The molecule has 0 amide bonds. The molecule has 98 valence electrons. The molecule has 1 fully saturated rings. The van der Waals surface area contributed by atoms with Gasteiger partial charge in [0.05, 0.1) is 12.7 Å². The zero-order chi connectivity index (χ0) is 12.9. The van der Waals surface area contributed by atoms with Crippen molar-refractivity contribution >= 4 is 5.95 Å². The molecule has 1 aliphatic rings. The second-order valence-corrected chi connectivity index (χ2v) is 4.57. The van der Waals surface area contributed by atoms with Crippen molar-refractivity contribution in [3.8, 4) is 0 Å². The van der Waals surface area contributed by atoms with E-state index in [1.165, 1.54) is 0 Å². The standard InChI is InChI=1S/C14H16N4O/c1-5-16-14(17-6-1)18-9-4-13(10-18)19-11-12-2-7-15-8-3-12/h1-3,5-8,13H,4,9-11H2/t13-/m1/s1. The number of hydrogen-bond acceptors (Lipinski definition) is 5. The Morgan fingerprint density at radius 1 is 1.16 bits per heavy atom. The molecule has 0 unspecified atom stereocenters. The summed E-state index contributed by atoms with van der Waals surface area (Å²) >= 11 is 0. The van der Waals surface area contributed by atoms with Gasteiger partial charge in [-0.1, -0.05) is 0 Å². The van der Waals surface area contributed by atoms with Crippen molar-refractivity contribution in [1.82, 2.24) is 15.0 Å². The maximum absolute atomic E-state index is 5.92. The first-order chi connectivity index (χ1) is 9.42. The Kier molecular flexibility index (Phi) is 3.65. The average molecular weight is 256 g/mol. The van der Waals surface area contributed by atoms with Gasteiger partial charge >= 0.3 is 0 Å². The van der Waals surface area contributed by atoms with Gasteiger partial charge in [-0.15, -0.1) is 0 Å². The van der Waals surface area contributed by atoms with Gasteiger partial charge in [0.25, 0.3) is 0 Å². The van der Waals surface area contributed by atoms with Gasteiger partial charge in [0.2, 0.25) is 5.95 Å². The third-order valence-corrected chi connectivity index (χ3v) is 3.22. The van der Waals surface area contributed by atoms with Crippen LogP contribution in [0.15, 0.2) is 43.0 Å². The van der Waals surface area contributed by atoms with Crippen LogP contribution >= 0.6 is 0 Å². The number of nitrogens with zero attached hydrogens (tertiary/aromatic N) is 4. The molecule has 0 saturated carbocycles. The van der Waals surface area contributed by atoms with Crippen LogP contribution in [0, 0.1) is 0 Å². The largest absolute Gasteiger partial charge is 0.372 e. The van der Waals surface area contributed by atoms with Crippen molar-refractivity contribution < 1.29 is 4.74 Å². The molecule has 0 bridgehead atoms. The number of pyridine rings is 1. The molecule has 3 rings (SSSR count). The van der Waals surface area contributed by atoms with Crippen LogP contribution < -0.4 is 4.90 Å². The van der Waals surface area contributed by atoms with Crippen LogP contribution in [0.5, 0.6) is 0 Å². The summed E-state index contributed by atoms with van der Waals surface area (Å²) < 4.78 is 5.92. The van der Waals surface area contributed by atoms with Crippen molar-refractivity contribution in [3.05, 3.63) is 48.5 Å². The maximum atomic E-state index is 5.92. The van der Waals surface area contributed by atoms with Crippen LogP contribution in [0.3, 0.4) is 0 Å². The molecule has 0 aliphatic carbocycles. The Balaban J connectivity index is 1.52. The lowest BCUT2D eigenvalue weighted by Crippen LogP contribution is -2.24. The lowest BCUT2D eigenvalue weighted by Gasteiger charge is -2.16. The Bertz CT molecular complexity index is 505. The molecule has 3 heterocycles. The lowest BCUT2D eigenvalue weighted by molar-refractivity contribution is 0.0552. The highest BCUT2D eigenvalue weighted by Crippen LogP contribution is 2.18. The average Bonchev–Trinajstić information content (AvgIpc) is 2.96. The van der Waals surface area contributed by atoms with Gasteiger partial charge in [-0.3, -0.25) is 4.98 Å². The molecular weight excluding hydrogens is 240 g/mol. The summed E-state index contributed by atoms with van der Waals surface area (Å²) in [6.45, 7) is 2.44. The summed E-state index contributed by atoms with van der Waals surface area (Å²) in [6.07, 6.45) is 8.39. The molecule has 19 heavy (non-hydrogen) atoms. The van der Waals surface area contributed by atoms with Crippen LogP contribution in [0.4, 0.5) is 5.95 Å². The SMILES string of the molecule is c1cnc(N2CC[C@@H](OCc3ccncc3)C2)nc1. The van der Waals surface area contributed by atoms with Crippen molar-refractivity contribution in [2.45, 2.75) is 19.1 Å². The summed E-state index contributed by atoms with van der Waals surface area (Å²) in [5, 5.41) is 0. The number of anilines is 1. The Labute approximate surface area is 112 Å². The number of rotatable bonds is 4. The molecule has 1 aliphatic heterocycles. The molecule has 2 aromatic rings. The lowest BCUT2D eigenvalue weighted by atomic mass is 10.3. The Morgan fingerprint density at radius 3 is 2.74 bits per heavy atom. The summed E-state index contributed by atoms with van der Waals surface area (Å²) in [5.41, 5.74) is 1.16. The zero-order valence-corrected chi connectivity index (χ0v) is 10.6. The van der Waals surface area contributed by atoms with Crippen molar-refractivity contribution in [2.75, 3.05) is 18.0 Å². The fourth-order valence-corrected chi connectivity index (χ4v) is 2.19. The van der Waals surface area contributed by atoms with Crippen LogP contribution in [0.2, 0.25) is 0 Å². The Morgan fingerprint density at radius 2 is 1.95 bits per heavy atom. The van der Waals surface area contributed by atoms with Gasteiger partial charge in [-0.25, -0.2) is 9.97 Å². The molecule has 0 radical (unpaired) electrons. The first-order valence-corrected chi connectivity index (χ1v) is 6.44. The van der Waals surface area contributed by atoms with Crippen molar-refractivity contribution in [2.24, 2.45) is 0 Å². The maximum Gasteiger partial charge on any atom is 0.225 e. The predicted molar refractivity (Wildman–Crippen MR) is 71.7 cm³/mol. The van der Waals surface area contributed by atoms with Crippen LogP contribution in [0.1, 0.15) is 12.0 Å². The molecular formula is C14H16N4O. The zero-order valence-electron chi connectivity index (χ0n) is 10.6. The molecule has 0 N–H and O–H groups in total. The van der Waals surface area contributed by atoms with E-state index in [0.717, 1.165) is 31.0 Å². The summed E-state index contributed by atoms with van der Waals surface area (Å²) in [7, 11) is 0. The van der Waals surface area contributed by atoms with Crippen molar-refractivity contribution in [1.29, 1.82) is 0 Å². The topological polar surface area (TPSA) is 51.1 Å². The molecule has 2 aromatic heterocycles. The van der Waals surface area contributed by atoms with E-state index in [-0.39, 0.29) is 6.10 Å². The quantitative estimate of drug-likeness (QED) is 0.832. The molecule has 1 saturated heterocycles. The highest BCUT2D eigenvalue weighted by molar-refractivity contribution is 5.30. The van der Waals surface area contributed by atoms with Crippen LogP contribution in [-0.2, 0) is 11.3 Å². The van der Waals surface area contributed by atoms with Gasteiger partial charge in [0, 0.05) is 37.9 Å². The second-order valence-electron chi connectivity index (χ2n) is 4.57. The minimum atomic E-state index is 0.247. The minimum Gasteiger partial charge on any atom is -0.372 e. The van der Waals surface area contributed by atoms with E-state index in [1.807, 2.05) is 18.2 Å². The van der Waals surface area contributed by atoms with Gasteiger partial charge in [-0.05, 0) is 30.2 Å². The van der Waals surface area contributed by atoms with Crippen LogP contribution in [0.25, 0.3) is 0 Å². The number of ether oxygens (including phenoxy) is 1. The number of hydrogen-bond donors (Lipinski definition) is 0. The molecule has 1 atom stereocenters. The monoisotopic (exact) mass is 256 g/mol. The molecule has 5 nitrogen and oxygen atoms in total. The van der Waals surface area contributed by atoms with Gasteiger partial charge in [-0.2, -0.15) is 0 Å². The molecule has 0 spiro atoms. The first-order valence-electron chi connectivity index (χ1n) is 6.44. The predicted octanol–water partition coefficient (Wildman–Crippen LogP) is 1.67. The highest BCUT2D eigenvalue weighted by Gasteiger charge is 2.24.